The van der Waals surface area contributed by atoms with Crippen LogP contribution in [-0.4, -0.2) is 61.3 Å². The SMILES string of the molecule is Cc1ccc(C(C)C)c(N2C(=O)CS/C2=N\C(=S)N(C)/N=C/c2ccc(-c3ncn(-c4ccc(OC(F)(F)F)cc4)n3)cc2)c1. The van der Waals surface area contributed by atoms with Crippen LogP contribution in [0.1, 0.15) is 36.5 Å². The third-order valence-electron chi connectivity index (χ3n) is 6.66. The second kappa shape index (κ2) is 13.2. The first-order valence-electron chi connectivity index (χ1n) is 13.7. The van der Waals surface area contributed by atoms with Crippen molar-refractivity contribution in [2.24, 2.45) is 10.1 Å². The molecule has 1 fully saturated rings. The Bertz CT molecular complexity index is 1770. The minimum atomic E-state index is -4.76. The number of carbonyl (C=O) groups excluding carboxylic acids is 1. The van der Waals surface area contributed by atoms with E-state index in [1.807, 2.05) is 49.4 Å². The fourth-order valence-electron chi connectivity index (χ4n) is 4.41. The molecular formula is C31H28F3N7O2S2. The number of benzene rings is 3. The molecule has 0 spiro atoms. The van der Waals surface area contributed by atoms with Gasteiger partial charge in [-0.15, -0.1) is 18.3 Å². The summed E-state index contributed by atoms with van der Waals surface area (Å²) in [5.41, 5.74) is 4.97. The molecule has 0 radical (unpaired) electrons. The predicted octanol–water partition coefficient (Wildman–Crippen LogP) is 6.95. The van der Waals surface area contributed by atoms with Crippen LogP contribution in [-0.2, 0) is 4.79 Å². The highest BCUT2D eigenvalue weighted by atomic mass is 32.2. The quantitative estimate of drug-likeness (QED) is 0.121. The predicted molar refractivity (Wildman–Crippen MR) is 174 cm³/mol. The molecule has 4 aromatic rings. The highest BCUT2D eigenvalue weighted by Gasteiger charge is 2.32. The number of aromatic nitrogens is 3. The zero-order valence-electron chi connectivity index (χ0n) is 24.7. The van der Waals surface area contributed by atoms with Crippen molar-refractivity contribution in [2.75, 3.05) is 17.7 Å². The summed E-state index contributed by atoms with van der Waals surface area (Å²) in [6.07, 6.45) is -1.65. The lowest BCUT2D eigenvalue weighted by Gasteiger charge is -2.22. The van der Waals surface area contributed by atoms with E-state index in [-0.39, 0.29) is 28.4 Å². The zero-order chi connectivity index (χ0) is 32.3. The molecule has 1 saturated heterocycles. The number of aliphatic imine (C=N–C) groups is 1. The Kier molecular flexibility index (Phi) is 9.34. The van der Waals surface area contributed by atoms with E-state index in [1.165, 1.54) is 52.0 Å². The molecule has 0 saturated carbocycles. The average molecular weight is 652 g/mol. The summed E-state index contributed by atoms with van der Waals surface area (Å²) in [6.45, 7) is 6.16. The molecule has 0 aliphatic carbocycles. The molecular weight excluding hydrogens is 624 g/mol. The van der Waals surface area contributed by atoms with Crippen LogP contribution in [0.15, 0.2) is 83.2 Å². The van der Waals surface area contributed by atoms with Gasteiger partial charge in [-0.3, -0.25) is 9.69 Å². The van der Waals surface area contributed by atoms with E-state index in [0.717, 1.165) is 27.9 Å². The van der Waals surface area contributed by atoms with E-state index in [9.17, 15) is 18.0 Å². The second-order valence-electron chi connectivity index (χ2n) is 10.4. The number of thiocarbonyl (C=S) groups is 1. The standard InChI is InChI=1S/C31H28F3N7O2S2/c1-19(2)25-14-5-20(3)15-26(25)41-27(42)17-45-30(41)37-29(44)39(4)36-16-21-6-8-22(9-7-21)28-35-18-40(38-28)23-10-12-24(13-11-23)43-31(32,33)34/h5-16,18-19H,17H2,1-4H3/b36-16+,37-30-. The van der Waals surface area contributed by atoms with Crippen LogP contribution in [0.4, 0.5) is 18.9 Å². The Balaban J connectivity index is 1.25. The van der Waals surface area contributed by atoms with Crippen molar-refractivity contribution in [3.63, 3.8) is 0 Å². The molecule has 14 heteroatoms. The second-order valence-corrected chi connectivity index (χ2v) is 11.7. The molecule has 1 aliphatic rings. The van der Waals surface area contributed by atoms with Gasteiger partial charge in [0.25, 0.3) is 0 Å². The van der Waals surface area contributed by atoms with Gasteiger partial charge in [-0.1, -0.05) is 62.0 Å². The van der Waals surface area contributed by atoms with Gasteiger partial charge >= 0.3 is 6.36 Å². The molecule has 232 valence electrons. The maximum absolute atomic E-state index is 12.9. The molecule has 9 nitrogen and oxygen atoms in total. The Morgan fingerprint density at radius 3 is 2.49 bits per heavy atom. The number of amidine groups is 1. The number of thioether (sulfide) groups is 1. The molecule has 0 N–H and O–H groups in total. The van der Waals surface area contributed by atoms with Crippen molar-refractivity contribution in [1.82, 2.24) is 19.8 Å². The molecule has 0 bridgehead atoms. The number of carbonyl (C=O) groups is 1. The average Bonchev–Trinajstić information content (AvgIpc) is 3.62. The third-order valence-corrected chi connectivity index (χ3v) is 7.94. The molecule has 5 rings (SSSR count). The first-order chi connectivity index (χ1) is 21.4. The van der Waals surface area contributed by atoms with E-state index < -0.39 is 6.36 Å². The number of anilines is 1. The summed E-state index contributed by atoms with van der Waals surface area (Å²) >= 11 is 6.88. The lowest BCUT2D eigenvalue weighted by Crippen LogP contribution is -2.32. The van der Waals surface area contributed by atoms with E-state index >= 15 is 0 Å². The van der Waals surface area contributed by atoms with Crippen molar-refractivity contribution in [2.45, 2.75) is 33.1 Å². The highest BCUT2D eigenvalue weighted by molar-refractivity contribution is 8.15. The number of aryl methyl sites for hydroxylation is 1. The molecule has 2 heterocycles. The molecule has 1 aliphatic heterocycles. The van der Waals surface area contributed by atoms with Gasteiger partial charge in [-0.25, -0.2) is 14.7 Å². The minimum absolute atomic E-state index is 0.0481. The molecule has 45 heavy (non-hydrogen) atoms. The van der Waals surface area contributed by atoms with Crippen LogP contribution in [0.2, 0.25) is 0 Å². The van der Waals surface area contributed by atoms with E-state index in [0.29, 0.717) is 16.7 Å². The molecule has 0 unspecified atom stereocenters. The van der Waals surface area contributed by atoms with Crippen molar-refractivity contribution in [3.05, 3.63) is 89.7 Å². The fourth-order valence-corrected chi connectivity index (χ4v) is 5.47. The first kappa shape index (κ1) is 31.9. The third kappa shape index (κ3) is 7.75. The van der Waals surface area contributed by atoms with Crippen molar-refractivity contribution in [3.8, 4) is 22.8 Å². The summed E-state index contributed by atoms with van der Waals surface area (Å²) in [5.74, 6) is 0.570. The molecule has 1 amide bonds. The van der Waals surface area contributed by atoms with Crippen LogP contribution in [0, 0.1) is 6.92 Å². The Hall–Kier alpha value is -4.56. The number of nitrogens with zero attached hydrogens (tertiary/aromatic N) is 7. The van der Waals surface area contributed by atoms with Gasteiger partial charge in [0.05, 0.1) is 23.3 Å². The van der Waals surface area contributed by atoms with Crippen molar-refractivity contribution in [1.29, 1.82) is 0 Å². The van der Waals surface area contributed by atoms with Gasteiger partial charge in [-0.2, -0.15) is 10.1 Å². The van der Waals surface area contributed by atoms with Crippen LogP contribution in [0.3, 0.4) is 0 Å². The van der Waals surface area contributed by atoms with E-state index in [4.69, 9.17) is 12.2 Å². The summed E-state index contributed by atoms with van der Waals surface area (Å²) in [7, 11) is 1.69. The van der Waals surface area contributed by atoms with Gasteiger partial charge in [0.2, 0.25) is 11.0 Å². The lowest BCUT2D eigenvalue weighted by atomic mass is 9.99. The van der Waals surface area contributed by atoms with Crippen LogP contribution < -0.4 is 9.64 Å². The van der Waals surface area contributed by atoms with Gasteiger partial charge in [0.1, 0.15) is 12.1 Å². The number of amides is 1. The monoisotopic (exact) mass is 651 g/mol. The lowest BCUT2D eigenvalue weighted by molar-refractivity contribution is -0.274. The molecule has 3 aromatic carbocycles. The number of ether oxygens (including phenoxy) is 1. The number of alkyl halides is 3. The number of hydrazone groups is 1. The van der Waals surface area contributed by atoms with Gasteiger partial charge in [-0.05, 0) is 72.1 Å². The highest BCUT2D eigenvalue weighted by Crippen LogP contribution is 2.34. The fraction of sp³-hybridized carbons (Fsp3) is 0.226. The van der Waals surface area contributed by atoms with Crippen LogP contribution in [0.25, 0.3) is 17.1 Å². The van der Waals surface area contributed by atoms with Gasteiger partial charge in [0, 0.05) is 12.6 Å². The normalized spacial score (nSPS) is 14.6. The maximum Gasteiger partial charge on any atom is 0.573 e. The Morgan fingerprint density at radius 2 is 1.82 bits per heavy atom. The van der Waals surface area contributed by atoms with E-state index in [1.54, 1.807) is 18.2 Å². The number of hydrogen-bond donors (Lipinski definition) is 0. The summed E-state index contributed by atoms with van der Waals surface area (Å²) in [5, 5.41) is 11.0. The number of rotatable bonds is 7. The van der Waals surface area contributed by atoms with Gasteiger partial charge < -0.3 is 4.74 Å². The molecule has 1 aromatic heterocycles. The summed E-state index contributed by atoms with van der Waals surface area (Å²) < 4.78 is 42.6. The number of hydrogen-bond acceptors (Lipinski definition) is 7. The largest absolute Gasteiger partial charge is 0.573 e. The van der Waals surface area contributed by atoms with E-state index in [2.05, 4.69) is 38.8 Å². The van der Waals surface area contributed by atoms with Gasteiger partial charge in [0.15, 0.2) is 11.0 Å². The van der Waals surface area contributed by atoms with Crippen molar-refractivity contribution >= 4 is 52.1 Å². The topological polar surface area (TPSA) is 88.2 Å². The number of halogens is 3. The smallest absolute Gasteiger partial charge is 0.406 e. The Morgan fingerprint density at radius 1 is 1.11 bits per heavy atom. The zero-order valence-corrected chi connectivity index (χ0v) is 26.3. The summed E-state index contributed by atoms with van der Waals surface area (Å²) in [4.78, 5) is 23.4. The molecule has 0 atom stereocenters. The van der Waals surface area contributed by atoms with Crippen LogP contribution >= 0.6 is 24.0 Å². The maximum atomic E-state index is 12.9. The summed E-state index contributed by atoms with van der Waals surface area (Å²) in [6, 6.07) is 18.7. The first-order valence-corrected chi connectivity index (χ1v) is 15.1. The van der Waals surface area contributed by atoms with Crippen molar-refractivity contribution < 1.29 is 22.7 Å². The van der Waals surface area contributed by atoms with Crippen LogP contribution in [0.5, 0.6) is 5.75 Å². The minimum Gasteiger partial charge on any atom is -0.406 e. The Labute approximate surface area is 267 Å².